The van der Waals surface area contributed by atoms with E-state index in [9.17, 15) is 0 Å². The third kappa shape index (κ3) is 3.34. The minimum atomic E-state index is 0.907. The van der Waals surface area contributed by atoms with E-state index in [-0.39, 0.29) is 0 Å². The summed E-state index contributed by atoms with van der Waals surface area (Å²) >= 11 is 0. The molecular formula is C46H26N4. The van der Waals surface area contributed by atoms with Gasteiger partial charge in [-0.05, 0) is 81.9 Å². The summed E-state index contributed by atoms with van der Waals surface area (Å²) < 4.78 is 4.77. The SMILES string of the molecule is c1ccc(-n2c3ccc(-c4ccc5c(c4)c4c6ccccc6cc6c7nc8ccccc8nc7n5c64)cc3c3ccc4ccccc4c32)cc1. The molecule has 8 aromatic carbocycles. The van der Waals surface area contributed by atoms with Gasteiger partial charge in [0.05, 0.1) is 33.1 Å². The van der Waals surface area contributed by atoms with Crippen LogP contribution in [-0.2, 0) is 0 Å². The number of para-hydroxylation sites is 3. The molecule has 50 heavy (non-hydrogen) atoms. The van der Waals surface area contributed by atoms with E-state index in [1.807, 2.05) is 12.1 Å². The summed E-state index contributed by atoms with van der Waals surface area (Å²) in [5, 5.41) is 11.1. The highest BCUT2D eigenvalue weighted by molar-refractivity contribution is 6.31. The number of aromatic nitrogens is 4. The van der Waals surface area contributed by atoms with Crippen molar-refractivity contribution in [2.24, 2.45) is 0 Å². The number of benzene rings is 8. The number of rotatable bonds is 2. The minimum Gasteiger partial charge on any atom is -0.309 e. The molecule has 0 aliphatic rings. The van der Waals surface area contributed by atoms with E-state index in [1.54, 1.807) is 0 Å². The van der Waals surface area contributed by atoms with E-state index in [4.69, 9.17) is 9.97 Å². The second kappa shape index (κ2) is 9.43. The van der Waals surface area contributed by atoms with Crippen LogP contribution in [0.25, 0.3) is 110 Å². The zero-order valence-electron chi connectivity index (χ0n) is 26.8. The lowest BCUT2D eigenvalue weighted by molar-refractivity contribution is 1.19. The number of fused-ring (bicyclic) bond motifs is 14. The first-order valence-electron chi connectivity index (χ1n) is 17.1. The van der Waals surface area contributed by atoms with Crippen LogP contribution in [0.2, 0.25) is 0 Å². The van der Waals surface area contributed by atoms with E-state index in [0.717, 1.165) is 33.1 Å². The molecule has 4 heteroatoms. The molecule has 230 valence electrons. The lowest BCUT2D eigenvalue weighted by atomic mass is 9.97. The van der Waals surface area contributed by atoms with Crippen molar-refractivity contribution in [2.45, 2.75) is 0 Å². The van der Waals surface area contributed by atoms with Gasteiger partial charge in [-0.1, -0.05) is 103 Å². The first-order valence-corrected chi connectivity index (χ1v) is 17.1. The smallest absolute Gasteiger partial charge is 0.165 e. The molecule has 0 bridgehead atoms. The third-order valence-corrected chi connectivity index (χ3v) is 10.8. The Labute approximate surface area is 285 Å². The second-order valence-electron chi connectivity index (χ2n) is 13.4. The van der Waals surface area contributed by atoms with Crippen LogP contribution in [0.15, 0.2) is 158 Å². The standard InChI is InChI=1S/C46H26N4/c1-2-12-31(13-3-1)49-40-22-19-28(24-35(40)34-21-18-27-10-4-7-15-33(27)44(34)49)29-20-23-41-36(25-29)42-32-14-6-5-11-30(32)26-37-43-46(50(41)45(37)42)48-39-17-9-8-16-38(39)47-43/h1-26H. The Kier molecular flexibility index (Phi) is 4.94. The van der Waals surface area contributed by atoms with Crippen LogP contribution < -0.4 is 0 Å². The normalized spacial score (nSPS) is 12.4. The quantitative estimate of drug-likeness (QED) is 0.190. The van der Waals surface area contributed by atoms with Gasteiger partial charge in [0.1, 0.15) is 5.52 Å². The molecule has 12 aromatic rings. The monoisotopic (exact) mass is 634 g/mol. The molecular weight excluding hydrogens is 609 g/mol. The van der Waals surface area contributed by atoms with Crippen LogP contribution in [0.3, 0.4) is 0 Å². The van der Waals surface area contributed by atoms with Crippen molar-refractivity contribution in [1.82, 2.24) is 18.9 Å². The summed E-state index contributed by atoms with van der Waals surface area (Å²) in [6, 6.07) is 57.1. The number of hydrogen-bond donors (Lipinski definition) is 0. The van der Waals surface area contributed by atoms with Gasteiger partial charge in [0.15, 0.2) is 5.65 Å². The molecule has 0 atom stereocenters. The highest BCUT2D eigenvalue weighted by Crippen LogP contribution is 2.44. The fourth-order valence-corrected chi connectivity index (χ4v) is 8.61. The Hall–Kier alpha value is -6.78. The second-order valence-corrected chi connectivity index (χ2v) is 13.4. The lowest BCUT2D eigenvalue weighted by Gasteiger charge is -2.10. The molecule has 0 N–H and O–H groups in total. The third-order valence-electron chi connectivity index (χ3n) is 10.8. The Balaban J connectivity index is 1.17. The van der Waals surface area contributed by atoms with Crippen molar-refractivity contribution >= 4 is 92.7 Å². The van der Waals surface area contributed by atoms with Crippen molar-refractivity contribution in [3.05, 3.63) is 158 Å². The molecule has 0 unspecified atom stereocenters. The Morgan fingerprint density at radius 3 is 1.92 bits per heavy atom. The zero-order chi connectivity index (χ0) is 32.5. The van der Waals surface area contributed by atoms with Gasteiger partial charge in [0.25, 0.3) is 0 Å². The molecule has 0 spiro atoms. The highest BCUT2D eigenvalue weighted by Gasteiger charge is 2.23. The molecule has 4 aromatic heterocycles. The first-order chi connectivity index (χ1) is 24.8. The summed E-state index contributed by atoms with van der Waals surface area (Å²) in [5.41, 5.74) is 12.0. The molecule has 0 saturated carbocycles. The molecule has 0 saturated heterocycles. The maximum Gasteiger partial charge on any atom is 0.165 e. The summed E-state index contributed by atoms with van der Waals surface area (Å²) in [7, 11) is 0. The van der Waals surface area contributed by atoms with Gasteiger partial charge >= 0.3 is 0 Å². The summed E-state index contributed by atoms with van der Waals surface area (Å²) in [6.45, 7) is 0. The fourth-order valence-electron chi connectivity index (χ4n) is 8.61. The van der Waals surface area contributed by atoms with Gasteiger partial charge in [-0.15, -0.1) is 0 Å². The van der Waals surface area contributed by atoms with Crippen molar-refractivity contribution in [3.8, 4) is 16.8 Å². The Bertz CT molecular complexity index is 3370. The van der Waals surface area contributed by atoms with Gasteiger partial charge in [0, 0.05) is 38.0 Å². The molecule has 0 radical (unpaired) electrons. The van der Waals surface area contributed by atoms with Crippen molar-refractivity contribution in [3.63, 3.8) is 0 Å². The largest absolute Gasteiger partial charge is 0.309 e. The van der Waals surface area contributed by atoms with Crippen LogP contribution in [0.5, 0.6) is 0 Å². The predicted molar refractivity (Wildman–Crippen MR) is 209 cm³/mol. The van der Waals surface area contributed by atoms with Crippen LogP contribution >= 0.6 is 0 Å². The van der Waals surface area contributed by atoms with E-state index in [2.05, 4.69) is 155 Å². The molecule has 0 aliphatic carbocycles. The molecule has 4 heterocycles. The molecule has 0 aliphatic heterocycles. The van der Waals surface area contributed by atoms with Gasteiger partial charge in [-0.25, -0.2) is 9.97 Å². The van der Waals surface area contributed by atoms with Crippen LogP contribution in [0.1, 0.15) is 0 Å². The molecule has 4 nitrogen and oxygen atoms in total. The molecule has 0 amide bonds. The van der Waals surface area contributed by atoms with Gasteiger partial charge in [0.2, 0.25) is 0 Å². The lowest BCUT2D eigenvalue weighted by Crippen LogP contribution is -1.93. The topological polar surface area (TPSA) is 35.1 Å². The van der Waals surface area contributed by atoms with Crippen LogP contribution in [0, 0.1) is 0 Å². The van der Waals surface area contributed by atoms with E-state index >= 15 is 0 Å². The average molecular weight is 635 g/mol. The minimum absolute atomic E-state index is 0.907. The van der Waals surface area contributed by atoms with Gasteiger partial charge in [-0.2, -0.15) is 0 Å². The van der Waals surface area contributed by atoms with Gasteiger partial charge in [-0.3, -0.25) is 4.40 Å². The molecule has 12 rings (SSSR count). The van der Waals surface area contributed by atoms with E-state index in [0.29, 0.717) is 0 Å². The van der Waals surface area contributed by atoms with Crippen molar-refractivity contribution < 1.29 is 0 Å². The molecule has 0 fully saturated rings. The van der Waals surface area contributed by atoms with E-state index in [1.165, 1.54) is 76.5 Å². The van der Waals surface area contributed by atoms with E-state index < -0.39 is 0 Å². The Morgan fingerprint density at radius 1 is 0.400 bits per heavy atom. The van der Waals surface area contributed by atoms with Crippen LogP contribution in [-0.4, -0.2) is 18.9 Å². The maximum atomic E-state index is 5.20. The highest BCUT2D eigenvalue weighted by atomic mass is 15.0. The summed E-state index contributed by atoms with van der Waals surface area (Å²) in [5.74, 6) is 0. The van der Waals surface area contributed by atoms with Crippen LogP contribution in [0.4, 0.5) is 0 Å². The first kappa shape index (κ1) is 26.2. The maximum absolute atomic E-state index is 5.20. The summed E-state index contributed by atoms with van der Waals surface area (Å²) in [4.78, 5) is 10.4. The zero-order valence-corrected chi connectivity index (χ0v) is 26.8. The summed E-state index contributed by atoms with van der Waals surface area (Å²) in [6.07, 6.45) is 0. The van der Waals surface area contributed by atoms with Crippen molar-refractivity contribution in [1.29, 1.82) is 0 Å². The fraction of sp³-hybridized carbons (Fsp3) is 0. The average Bonchev–Trinajstić information content (AvgIpc) is 3.81. The van der Waals surface area contributed by atoms with Gasteiger partial charge < -0.3 is 4.57 Å². The number of nitrogens with zero attached hydrogens (tertiary/aromatic N) is 4. The van der Waals surface area contributed by atoms with Crippen molar-refractivity contribution in [2.75, 3.05) is 0 Å². The predicted octanol–water partition coefficient (Wildman–Crippen LogP) is 11.9. The number of hydrogen-bond acceptors (Lipinski definition) is 2. The Morgan fingerprint density at radius 2 is 1.08 bits per heavy atom.